The summed E-state index contributed by atoms with van der Waals surface area (Å²) >= 11 is 5.86. The third-order valence-electron chi connectivity index (χ3n) is 2.55. The number of hydrogen-bond donors (Lipinski definition) is 1. The van der Waals surface area contributed by atoms with Crippen LogP contribution in [0.1, 0.15) is 18.0 Å². The van der Waals surface area contributed by atoms with Gasteiger partial charge < -0.3 is 10.6 Å². The van der Waals surface area contributed by atoms with E-state index in [-0.39, 0.29) is 12.6 Å². The highest BCUT2D eigenvalue weighted by Crippen LogP contribution is 2.18. The van der Waals surface area contributed by atoms with E-state index in [9.17, 15) is 8.78 Å². The maximum atomic E-state index is 12.1. The molecule has 0 amide bonds. The molecular weight excluding hydrogens is 246 g/mol. The van der Waals surface area contributed by atoms with E-state index in [0.717, 1.165) is 5.56 Å². The van der Waals surface area contributed by atoms with Gasteiger partial charge in [-0.15, -0.1) is 0 Å². The highest BCUT2D eigenvalue weighted by atomic mass is 35.5. The molecule has 0 spiro atoms. The molecule has 5 heteroatoms. The van der Waals surface area contributed by atoms with Crippen molar-refractivity contribution in [3.05, 3.63) is 34.9 Å². The number of nitrogens with two attached hydrogens (primary N) is 1. The molecule has 1 rings (SSSR count). The third-order valence-corrected chi connectivity index (χ3v) is 2.78. The van der Waals surface area contributed by atoms with Crippen molar-refractivity contribution in [2.24, 2.45) is 5.73 Å². The van der Waals surface area contributed by atoms with Gasteiger partial charge in [-0.1, -0.05) is 23.7 Å². The largest absolute Gasteiger partial charge is 0.324 e. The van der Waals surface area contributed by atoms with Gasteiger partial charge in [0.2, 0.25) is 0 Å². The highest BCUT2D eigenvalue weighted by Gasteiger charge is 2.11. The van der Waals surface area contributed by atoms with Crippen molar-refractivity contribution in [1.29, 1.82) is 0 Å². The Labute approximate surface area is 105 Å². The third kappa shape index (κ3) is 5.44. The van der Waals surface area contributed by atoms with Crippen LogP contribution in [-0.4, -0.2) is 31.5 Å². The molecule has 1 atom stereocenters. The standard InChI is InChI=1S/C12H17ClF2N2/c1-17(8-12(14)15)6-5-11(16)9-3-2-4-10(13)7-9/h2-4,7,11-12H,5-6,8,16H2,1H3. The Kier molecular flexibility index (Phi) is 5.82. The summed E-state index contributed by atoms with van der Waals surface area (Å²) in [6.07, 6.45) is -1.67. The number of nitrogens with zero attached hydrogens (tertiary/aromatic N) is 1. The highest BCUT2D eigenvalue weighted by molar-refractivity contribution is 6.30. The molecule has 17 heavy (non-hydrogen) atoms. The second-order valence-corrected chi connectivity index (χ2v) is 4.54. The van der Waals surface area contributed by atoms with Crippen LogP contribution >= 0.6 is 11.6 Å². The first-order chi connectivity index (χ1) is 7.99. The van der Waals surface area contributed by atoms with Gasteiger partial charge in [-0.2, -0.15) is 0 Å². The lowest BCUT2D eigenvalue weighted by molar-refractivity contribution is 0.0990. The summed E-state index contributed by atoms with van der Waals surface area (Å²) in [6, 6.07) is 7.14. The van der Waals surface area contributed by atoms with Crippen molar-refractivity contribution >= 4 is 11.6 Å². The summed E-state index contributed by atoms with van der Waals surface area (Å²) in [4.78, 5) is 1.58. The normalized spacial score (nSPS) is 13.4. The van der Waals surface area contributed by atoms with Gasteiger partial charge in [-0.05, 0) is 37.7 Å². The molecule has 0 fully saturated rings. The Morgan fingerprint density at radius 2 is 2.12 bits per heavy atom. The fourth-order valence-electron chi connectivity index (χ4n) is 1.59. The average Bonchev–Trinajstić information content (AvgIpc) is 2.25. The maximum Gasteiger partial charge on any atom is 0.251 e. The molecule has 0 aromatic heterocycles. The Morgan fingerprint density at radius 1 is 1.41 bits per heavy atom. The van der Waals surface area contributed by atoms with Crippen molar-refractivity contribution in [1.82, 2.24) is 4.90 Å². The fraction of sp³-hybridized carbons (Fsp3) is 0.500. The summed E-state index contributed by atoms with van der Waals surface area (Å²) in [5.41, 5.74) is 6.90. The van der Waals surface area contributed by atoms with Crippen LogP contribution in [0.4, 0.5) is 8.78 Å². The van der Waals surface area contributed by atoms with E-state index in [0.29, 0.717) is 18.0 Å². The summed E-state index contributed by atoms with van der Waals surface area (Å²) in [7, 11) is 1.66. The molecule has 2 N–H and O–H groups in total. The lowest BCUT2D eigenvalue weighted by Crippen LogP contribution is -2.28. The molecule has 1 aromatic rings. The minimum atomic E-state index is -2.30. The molecule has 1 aromatic carbocycles. The lowest BCUT2D eigenvalue weighted by Gasteiger charge is -2.19. The summed E-state index contributed by atoms with van der Waals surface area (Å²) in [6.45, 7) is 0.320. The predicted octanol–water partition coefficient (Wildman–Crippen LogP) is 2.93. The molecule has 0 aliphatic heterocycles. The minimum Gasteiger partial charge on any atom is -0.324 e. The van der Waals surface area contributed by atoms with Crippen LogP contribution in [0.3, 0.4) is 0 Å². The van der Waals surface area contributed by atoms with Crippen molar-refractivity contribution in [3.8, 4) is 0 Å². The first-order valence-corrected chi connectivity index (χ1v) is 5.84. The number of rotatable bonds is 6. The Balaban J connectivity index is 2.42. The van der Waals surface area contributed by atoms with E-state index in [2.05, 4.69) is 0 Å². The van der Waals surface area contributed by atoms with Gasteiger partial charge in [0, 0.05) is 11.1 Å². The molecule has 2 nitrogen and oxygen atoms in total. The molecule has 96 valence electrons. The van der Waals surface area contributed by atoms with E-state index >= 15 is 0 Å². The molecule has 0 heterocycles. The molecule has 0 aliphatic rings. The van der Waals surface area contributed by atoms with E-state index in [1.807, 2.05) is 12.1 Å². The Morgan fingerprint density at radius 3 is 2.71 bits per heavy atom. The van der Waals surface area contributed by atoms with Crippen molar-refractivity contribution in [3.63, 3.8) is 0 Å². The number of halogens is 3. The Hall–Kier alpha value is -0.710. The van der Waals surface area contributed by atoms with Crippen LogP contribution in [0.25, 0.3) is 0 Å². The summed E-state index contributed by atoms with van der Waals surface area (Å²) in [5, 5.41) is 0.638. The maximum absolute atomic E-state index is 12.1. The first-order valence-electron chi connectivity index (χ1n) is 5.46. The van der Waals surface area contributed by atoms with E-state index < -0.39 is 6.43 Å². The Bertz CT molecular complexity index is 347. The minimum absolute atomic E-state index is 0.172. The molecule has 0 aliphatic carbocycles. The lowest BCUT2D eigenvalue weighted by atomic mass is 10.0. The summed E-state index contributed by atoms with van der Waals surface area (Å²) in [5.74, 6) is 0. The second kappa shape index (κ2) is 6.89. The molecule has 0 saturated carbocycles. The van der Waals surface area contributed by atoms with E-state index in [1.165, 1.54) is 0 Å². The van der Waals surface area contributed by atoms with Gasteiger partial charge in [-0.25, -0.2) is 8.78 Å². The number of alkyl halides is 2. The van der Waals surface area contributed by atoms with Crippen LogP contribution in [0.5, 0.6) is 0 Å². The van der Waals surface area contributed by atoms with Crippen molar-refractivity contribution in [2.45, 2.75) is 18.9 Å². The SMILES string of the molecule is CN(CCC(N)c1cccc(Cl)c1)CC(F)F. The summed E-state index contributed by atoms with van der Waals surface area (Å²) < 4.78 is 24.2. The molecule has 0 saturated heterocycles. The molecule has 1 unspecified atom stereocenters. The van der Waals surface area contributed by atoms with Crippen molar-refractivity contribution < 1.29 is 8.78 Å². The topological polar surface area (TPSA) is 29.3 Å². The molecule has 0 radical (unpaired) electrons. The van der Waals surface area contributed by atoms with Crippen molar-refractivity contribution in [2.75, 3.05) is 20.1 Å². The average molecular weight is 263 g/mol. The van der Waals surface area contributed by atoms with Gasteiger partial charge in [-0.3, -0.25) is 0 Å². The fourth-order valence-corrected chi connectivity index (χ4v) is 1.79. The quantitative estimate of drug-likeness (QED) is 0.854. The second-order valence-electron chi connectivity index (χ2n) is 4.10. The monoisotopic (exact) mass is 262 g/mol. The van der Waals surface area contributed by atoms with Crippen LogP contribution < -0.4 is 5.73 Å². The van der Waals surface area contributed by atoms with Crippen LogP contribution in [0.2, 0.25) is 5.02 Å². The van der Waals surface area contributed by atoms with Gasteiger partial charge in [0.25, 0.3) is 6.43 Å². The van der Waals surface area contributed by atoms with Crippen LogP contribution in [0, 0.1) is 0 Å². The number of hydrogen-bond acceptors (Lipinski definition) is 2. The van der Waals surface area contributed by atoms with Gasteiger partial charge in [0.1, 0.15) is 0 Å². The van der Waals surface area contributed by atoms with Crippen LogP contribution in [-0.2, 0) is 0 Å². The zero-order valence-electron chi connectivity index (χ0n) is 9.74. The molecule has 0 bridgehead atoms. The first kappa shape index (κ1) is 14.4. The van der Waals surface area contributed by atoms with E-state index in [1.54, 1.807) is 24.1 Å². The van der Waals surface area contributed by atoms with E-state index in [4.69, 9.17) is 17.3 Å². The predicted molar refractivity (Wildman–Crippen MR) is 66.5 cm³/mol. The van der Waals surface area contributed by atoms with Crippen LogP contribution in [0.15, 0.2) is 24.3 Å². The smallest absolute Gasteiger partial charge is 0.251 e. The zero-order chi connectivity index (χ0) is 12.8. The number of benzene rings is 1. The zero-order valence-corrected chi connectivity index (χ0v) is 10.5. The van der Waals surface area contributed by atoms with Gasteiger partial charge >= 0.3 is 0 Å². The van der Waals surface area contributed by atoms with Gasteiger partial charge in [0.05, 0.1) is 6.54 Å². The van der Waals surface area contributed by atoms with Gasteiger partial charge in [0.15, 0.2) is 0 Å². The molecular formula is C12H17ClF2N2.